The van der Waals surface area contributed by atoms with Gasteiger partial charge in [0.05, 0.1) is 17.2 Å². The fourth-order valence-corrected chi connectivity index (χ4v) is 4.75. The van der Waals surface area contributed by atoms with E-state index in [0.29, 0.717) is 36.8 Å². The Balaban J connectivity index is 1.46. The van der Waals surface area contributed by atoms with Crippen LogP contribution in [-0.4, -0.2) is 57.2 Å². The number of carbonyl (C=O) groups is 3. The molecular weight excluding hydrogens is 384 g/mol. The van der Waals surface area contributed by atoms with Crippen molar-refractivity contribution in [2.45, 2.75) is 50.3 Å². The van der Waals surface area contributed by atoms with Crippen molar-refractivity contribution in [3.8, 4) is 0 Å². The molecule has 0 spiro atoms. The molecule has 2 aromatic carbocycles. The Bertz CT molecular complexity index is 973. The Labute approximate surface area is 173 Å². The zero-order valence-electron chi connectivity index (χ0n) is 16.3. The molecule has 0 unspecified atom stereocenters. The van der Waals surface area contributed by atoms with Gasteiger partial charge < -0.3 is 14.7 Å². The van der Waals surface area contributed by atoms with E-state index in [4.69, 9.17) is 4.74 Å². The van der Waals surface area contributed by atoms with Gasteiger partial charge in [-0.3, -0.25) is 19.3 Å². The smallest absolute Gasteiger partial charge is 0.262 e. The van der Waals surface area contributed by atoms with Crippen LogP contribution in [0.3, 0.4) is 0 Å². The van der Waals surface area contributed by atoms with Crippen LogP contribution in [0.5, 0.6) is 0 Å². The first-order chi connectivity index (χ1) is 14.6. The van der Waals surface area contributed by atoms with Gasteiger partial charge >= 0.3 is 0 Å². The van der Waals surface area contributed by atoms with Crippen LogP contribution in [0.15, 0.2) is 54.6 Å². The van der Waals surface area contributed by atoms with Gasteiger partial charge in [-0.25, -0.2) is 0 Å². The van der Waals surface area contributed by atoms with Gasteiger partial charge in [0, 0.05) is 0 Å². The molecule has 0 saturated carbocycles. The van der Waals surface area contributed by atoms with Crippen molar-refractivity contribution < 1.29 is 24.2 Å². The summed E-state index contributed by atoms with van der Waals surface area (Å²) in [6.45, 7) is 0. The molecule has 1 N–H and O–H groups in total. The molecule has 3 aliphatic heterocycles. The molecule has 154 valence electrons. The van der Waals surface area contributed by atoms with Crippen molar-refractivity contribution in [3.05, 3.63) is 71.3 Å². The molecule has 2 aromatic rings. The fraction of sp³-hybridized carbons (Fsp3) is 0.348. The SMILES string of the molecule is O=C1c2ccccc2C(=O)N1[C@H]1CCC[C@H]2O[C@H](O)[C@@H](Cc3ccccc3)N2C1=O. The maximum Gasteiger partial charge on any atom is 0.262 e. The van der Waals surface area contributed by atoms with Crippen LogP contribution in [0.2, 0.25) is 0 Å². The Morgan fingerprint density at radius 1 is 0.900 bits per heavy atom. The first-order valence-corrected chi connectivity index (χ1v) is 10.2. The number of rotatable bonds is 3. The lowest BCUT2D eigenvalue weighted by Crippen LogP contribution is -2.54. The molecule has 4 atom stereocenters. The fourth-order valence-electron chi connectivity index (χ4n) is 4.75. The maximum absolute atomic E-state index is 13.6. The molecule has 7 heteroatoms. The highest BCUT2D eigenvalue weighted by atomic mass is 16.6. The van der Waals surface area contributed by atoms with Gasteiger partial charge in [0.2, 0.25) is 5.91 Å². The second-order valence-electron chi connectivity index (χ2n) is 7.96. The number of amides is 3. The summed E-state index contributed by atoms with van der Waals surface area (Å²) in [5, 5.41) is 10.5. The van der Waals surface area contributed by atoms with Gasteiger partial charge in [0.25, 0.3) is 11.8 Å². The summed E-state index contributed by atoms with van der Waals surface area (Å²) in [6.07, 6.45) is 0.304. The first-order valence-electron chi connectivity index (χ1n) is 10.2. The largest absolute Gasteiger partial charge is 0.366 e. The highest BCUT2D eigenvalue weighted by Crippen LogP contribution is 2.35. The first kappa shape index (κ1) is 19.0. The Morgan fingerprint density at radius 2 is 1.53 bits per heavy atom. The molecule has 0 radical (unpaired) electrons. The van der Waals surface area contributed by atoms with Crippen molar-refractivity contribution in [1.82, 2.24) is 9.80 Å². The number of hydrogen-bond acceptors (Lipinski definition) is 5. The number of aliphatic hydroxyl groups excluding tert-OH is 1. The summed E-state index contributed by atoms with van der Waals surface area (Å²) in [7, 11) is 0. The second kappa shape index (κ2) is 7.34. The Hall–Kier alpha value is -3.03. The average molecular weight is 406 g/mol. The van der Waals surface area contributed by atoms with Crippen molar-refractivity contribution in [2.24, 2.45) is 0 Å². The number of imide groups is 1. The van der Waals surface area contributed by atoms with E-state index in [1.807, 2.05) is 30.3 Å². The lowest BCUT2D eigenvalue weighted by molar-refractivity contribution is -0.141. The number of nitrogens with zero attached hydrogens (tertiary/aromatic N) is 2. The standard InChI is InChI=1S/C23H22N2O5/c26-20-15-9-4-5-10-16(15)21(27)25(20)17-11-6-12-19-24(22(17)28)18(23(29)30-19)13-14-7-2-1-3-8-14/h1-5,7-10,17-19,23,29H,6,11-13H2/t17-,18+,19+,23-/m0/s1. The molecule has 3 aliphatic rings. The molecule has 0 aromatic heterocycles. The molecule has 2 saturated heterocycles. The molecule has 2 fully saturated rings. The van der Waals surface area contributed by atoms with Crippen molar-refractivity contribution >= 4 is 17.7 Å². The van der Waals surface area contributed by atoms with Crippen LogP contribution in [-0.2, 0) is 16.0 Å². The molecule has 3 heterocycles. The number of hydrogen-bond donors (Lipinski definition) is 1. The van der Waals surface area contributed by atoms with E-state index in [1.54, 1.807) is 29.2 Å². The highest BCUT2D eigenvalue weighted by Gasteiger charge is 2.51. The third-order valence-electron chi connectivity index (χ3n) is 6.19. The predicted molar refractivity (Wildman–Crippen MR) is 106 cm³/mol. The zero-order chi connectivity index (χ0) is 20.8. The summed E-state index contributed by atoms with van der Waals surface area (Å²) < 4.78 is 5.70. The third-order valence-corrected chi connectivity index (χ3v) is 6.19. The number of aliphatic hydroxyl groups is 1. The van der Waals surface area contributed by atoms with Gasteiger partial charge in [-0.15, -0.1) is 0 Å². The van der Waals surface area contributed by atoms with Crippen LogP contribution in [0.25, 0.3) is 0 Å². The highest BCUT2D eigenvalue weighted by molar-refractivity contribution is 6.22. The molecule has 30 heavy (non-hydrogen) atoms. The predicted octanol–water partition coefficient (Wildman–Crippen LogP) is 1.95. The summed E-state index contributed by atoms with van der Waals surface area (Å²) in [5.74, 6) is -1.22. The van der Waals surface area contributed by atoms with E-state index < -0.39 is 36.4 Å². The van der Waals surface area contributed by atoms with Gasteiger partial charge in [-0.2, -0.15) is 0 Å². The van der Waals surface area contributed by atoms with Gasteiger partial charge in [-0.1, -0.05) is 42.5 Å². The minimum Gasteiger partial charge on any atom is -0.366 e. The minimum atomic E-state index is -1.11. The quantitative estimate of drug-likeness (QED) is 0.788. The van der Waals surface area contributed by atoms with E-state index in [1.165, 1.54) is 0 Å². The molecule has 0 aliphatic carbocycles. The van der Waals surface area contributed by atoms with E-state index >= 15 is 0 Å². The number of fused-ring (bicyclic) bond motifs is 2. The molecule has 3 amide bonds. The average Bonchev–Trinajstić information content (AvgIpc) is 3.13. The van der Waals surface area contributed by atoms with Crippen molar-refractivity contribution in [1.29, 1.82) is 0 Å². The van der Waals surface area contributed by atoms with Gasteiger partial charge in [0.15, 0.2) is 6.29 Å². The van der Waals surface area contributed by atoms with Crippen molar-refractivity contribution in [2.75, 3.05) is 0 Å². The van der Waals surface area contributed by atoms with Gasteiger partial charge in [-0.05, 0) is 43.4 Å². The summed E-state index contributed by atoms with van der Waals surface area (Å²) >= 11 is 0. The Morgan fingerprint density at radius 3 is 2.20 bits per heavy atom. The zero-order valence-corrected chi connectivity index (χ0v) is 16.3. The molecule has 5 rings (SSSR count). The molecule has 7 nitrogen and oxygen atoms in total. The van der Waals surface area contributed by atoms with E-state index in [0.717, 1.165) is 10.5 Å². The monoisotopic (exact) mass is 406 g/mol. The number of benzene rings is 2. The van der Waals surface area contributed by atoms with Crippen molar-refractivity contribution in [3.63, 3.8) is 0 Å². The molecule has 0 bridgehead atoms. The molecular formula is C23H22N2O5. The Kier molecular flexibility index (Phi) is 4.64. The summed E-state index contributed by atoms with van der Waals surface area (Å²) in [4.78, 5) is 42.1. The van der Waals surface area contributed by atoms with Crippen LogP contribution in [0, 0.1) is 0 Å². The lowest BCUT2D eigenvalue weighted by atomic mass is 10.0. The maximum atomic E-state index is 13.6. The number of carbonyl (C=O) groups excluding carboxylic acids is 3. The minimum absolute atomic E-state index is 0.328. The van der Waals surface area contributed by atoms with Crippen LogP contribution in [0.4, 0.5) is 0 Å². The second-order valence-corrected chi connectivity index (χ2v) is 7.96. The van der Waals surface area contributed by atoms with E-state index in [2.05, 4.69) is 0 Å². The van der Waals surface area contributed by atoms with Gasteiger partial charge in [0.1, 0.15) is 12.3 Å². The van der Waals surface area contributed by atoms with E-state index in [-0.39, 0.29) is 5.91 Å². The third kappa shape index (κ3) is 2.93. The van der Waals surface area contributed by atoms with Crippen LogP contribution in [0.1, 0.15) is 45.5 Å². The van der Waals surface area contributed by atoms with Crippen LogP contribution < -0.4 is 0 Å². The van der Waals surface area contributed by atoms with E-state index in [9.17, 15) is 19.5 Å². The lowest BCUT2D eigenvalue weighted by Gasteiger charge is -2.32. The summed E-state index contributed by atoms with van der Waals surface area (Å²) in [5.41, 5.74) is 1.63. The number of ether oxygens (including phenoxy) is 1. The summed E-state index contributed by atoms with van der Waals surface area (Å²) in [6, 6.07) is 14.8. The normalized spacial score (nSPS) is 28.5. The van der Waals surface area contributed by atoms with Crippen LogP contribution >= 0.6 is 0 Å². The topological polar surface area (TPSA) is 87.2 Å².